The first kappa shape index (κ1) is 13.1. The Balaban J connectivity index is 1.75. The molecule has 0 fully saturated rings. The van der Waals surface area contributed by atoms with Crippen LogP contribution in [0.15, 0.2) is 79.1 Å². The molecule has 0 radical (unpaired) electrons. The van der Waals surface area contributed by atoms with Crippen LogP contribution in [0.4, 0.5) is 5.69 Å². The van der Waals surface area contributed by atoms with E-state index >= 15 is 0 Å². The third-order valence-electron chi connectivity index (χ3n) is 3.17. The second-order valence-corrected chi connectivity index (χ2v) is 4.64. The normalized spacial score (nSPS) is 10.1. The van der Waals surface area contributed by atoms with Crippen LogP contribution in [-0.4, -0.2) is 10.9 Å². The van der Waals surface area contributed by atoms with Gasteiger partial charge in [0.25, 0.3) is 5.91 Å². The third-order valence-corrected chi connectivity index (χ3v) is 3.17. The third kappa shape index (κ3) is 3.15. The second kappa shape index (κ2) is 6.01. The van der Waals surface area contributed by atoms with E-state index in [9.17, 15) is 4.79 Å². The van der Waals surface area contributed by atoms with Gasteiger partial charge in [-0.1, -0.05) is 36.4 Å². The van der Waals surface area contributed by atoms with Gasteiger partial charge in [-0.2, -0.15) is 0 Å². The molecule has 3 nitrogen and oxygen atoms in total. The number of amides is 1. The zero-order valence-corrected chi connectivity index (χ0v) is 11.4. The number of hydrogen-bond acceptors (Lipinski definition) is 2. The highest BCUT2D eigenvalue weighted by Gasteiger charge is 2.05. The first-order chi connectivity index (χ1) is 10.3. The monoisotopic (exact) mass is 274 g/mol. The maximum Gasteiger partial charge on any atom is 0.255 e. The van der Waals surface area contributed by atoms with Gasteiger partial charge in [-0.25, -0.2) is 0 Å². The van der Waals surface area contributed by atoms with Crippen LogP contribution >= 0.6 is 0 Å². The summed E-state index contributed by atoms with van der Waals surface area (Å²) < 4.78 is 0. The first-order valence-corrected chi connectivity index (χ1v) is 6.70. The van der Waals surface area contributed by atoms with Crippen LogP contribution < -0.4 is 5.32 Å². The number of nitrogens with one attached hydrogen (secondary N) is 1. The van der Waals surface area contributed by atoms with Gasteiger partial charge in [-0.15, -0.1) is 0 Å². The Hall–Kier alpha value is -2.94. The van der Waals surface area contributed by atoms with Crippen molar-refractivity contribution >= 4 is 11.6 Å². The fourth-order valence-electron chi connectivity index (χ4n) is 2.07. The van der Waals surface area contributed by atoms with Gasteiger partial charge in [0.15, 0.2) is 0 Å². The topological polar surface area (TPSA) is 42.0 Å². The molecular weight excluding hydrogens is 260 g/mol. The van der Waals surface area contributed by atoms with Crippen LogP contribution in [0.25, 0.3) is 11.1 Å². The van der Waals surface area contributed by atoms with E-state index in [4.69, 9.17) is 0 Å². The minimum atomic E-state index is -0.107. The number of carbonyl (C=O) groups excluding carboxylic acids is 1. The van der Waals surface area contributed by atoms with Crippen molar-refractivity contribution in [1.29, 1.82) is 0 Å². The molecule has 2 aromatic carbocycles. The average molecular weight is 274 g/mol. The van der Waals surface area contributed by atoms with Crippen molar-refractivity contribution in [3.05, 3.63) is 84.7 Å². The summed E-state index contributed by atoms with van der Waals surface area (Å²) in [7, 11) is 0. The van der Waals surface area contributed by atoms with E-state index in [0.717, 1.165) is 16.8 Å². The molecule has 0 atom stereocenters. The Morgan fingerprint density at radius 3 is 2.24 bits per heavy atom. The lowest BCUT2D eigenvalue weighted by Crippen LogP contribution is -2.11. The molecular formula is C18H14N2O. The van der Waals surface area contributed by atoms with Gasteiger partial charge in [0.1, 0.15) is 0 Å². The lowest BCUT2D eigenvalue weighted by atomic mass is 10.1. The largest absolute Gasteiger partial charge is 0.322 e. The summed E-state index contributed by atoms with van der Waals surface area (Å²) in [5.41, 5.74) is 3.55. The Labute approximate surface area is 123 Å². The summed E-state index contributed by atoms with van der Waals surface area (Å²) >= 11 is 0. The molecule has 3 rings (SSSR count). The maximum atomic E-state index is 12.0. The van der Waals surface area contributed by atoms with Crippen LogP contribution in [0, 0.1) is 0 Å². The SMILES string of the molecule is O=C(Nc1ccc(-c2cccnc2)cc1)c1ccccc1. The fraction of sp³-hybridized carbons (Fsp3) is 0. The lowest BCUT2D eigenvalue weighted by molar-refractivity contribution is 0.102. The number of rotatable bonds is 3. The molecule has 0 saturated carbocycles. The Bertz CT molecular complexity index is 722. The summed E-state index contributed by atoms with van der Waals surface area (Å²) in [4.78, 5) is 16.1. The highest BCUT2D eigenvalue weighted by atomic mass is 16.1. The molecule has 0 unspecified atom stereocenters. The number of nitrogens with zero attached hydrogens (tertiary/aromatic N) is 1. The number of benzene rings is 2. The summed E-state index contributed by atoms with van der Waals surface area (Å²) in [6.45, 7) is 0. The molecule has 0 aliphatic rings. The lowest BCUT2D eigenvalue weighted by Gasteiger charge is -2.06. The van der Waals surface area contributed by atoms with Crippen molar-refractivity contribution in [2.45, 2.75) is 0 Å². The van der Waals surface area contributed by atoms with E-state index in [0.29, 0.717) is 5.56 Å². The fourth-order valence-corrected chi connectivity index (χ4v) is 2.07. The van der Waals surface area contributed by atoms with E-state index in [1.165, 1.54) is 0 Å². The molecule has 3 heteroatoms. The smallest absolute Gasteiger partial charge is 0.255 e. The van der Waals surface area contributed by atoms with E-state index < -0.39 is 0 Å². The maximum absolute atomic E-state index is 12.0. The van der Waals surface area contributed by atoms with Gasteiger partial charge < -0.3 is 5.32 Å². The molecule has 102 valence electrons. The Morgan fingerprint density at radius 2 is 1.57 bits per heavy atom. The van der Waals surface area contributed by atoms with Crippen molar-refractivity contribution in [3.63, 3.8) is 0 Å². The summed E-state index contributed by atoms with van der Waals surface area (Å²) in [5, 5.41) is 2.88. The number of pyridine rings is 1. The molecule has 0 saturated heterocycles. The molecule has 0 aliphatic heterocycles. The predicted molar refractivity (Wildman–Crippen MR) is 84.1 cm³/mol. The van der Waals surface area contributed by atoms with Gasteiger partial charge in [-0.3, -0.25) is 9.78 Å². The summed E-state index contributed by atoms with van der Waals surface area (Å²) in [6, 6.07) is 20.8. The van der Waals surface area contributed by atoms with Crippen molar-refractivity contribution in [2.24, 2.45) is 0 Å². The highest BCUT2D eigenvalue weighted by molar-refractivity contribution is 6.04. The van der Waals surface area contributed by atoms with E-state index in [-0.39, 0.29) is 5.91 Å². The second-order valence-electron chi connectivity index (χ2n) is 4.64. The van der Waals surface area contributed by atoms with E-state index in [1.807, 2.05) is 60.8 Å². The first-order valence-electron chi connectivity index (χ1n) is 6.70. The molecule has 1 heterocycles. The minimum absolute atomic E-state index is 0.107. The molecule has 1 aromatic heterocycles. The molecule has 1 N–H and O–H groups in total. The molecule has 21 heavy (non-hydrogen) atoms. The van der Waals surface area contributed by atoms with Gasteiger partial charge in [0.05, 0.1) is 0 Å². The number of anilines is 1. The molecule has 0 aliphatic carbocycles. The van der Waals surface area contributed by atoms with Crippen LogP contribution in [0.1, 0.15) is 10.4 Å². The number of carbonyl (C=O) groups is 1. The van der Waals surface area contributed by atoms with Crippen molar-refractivity contribution in [1.82, 2.24) is 4.98 Å². The zero-order valence-electron chi connectivity index (χ0n) is 11.4. The quantitative estimate of drug-likeness (QED) is 0.784. The van der Waals surface area contributed by atoms with Crippen LogP contribution in [0.3, 0.4) is 0 Å². The van der Waals surface area contributed by atoms with Gasteiger partial charge in [0.2, 0.25) is 0 Å². The molecule has 3 aromatic rings. The minimum Gasteiger partial charge on any atom is -0.322 e. The van der Waals surface area contributed by atoms with Gasteiger partial charge in [0, 0.05) is 23.6 Å². The summed E-state index contributed by atoms with van der Waals surface area (Å²) in [5.74, 6) is -0.107. The molecule has 0 spiro atoms. The molecule has 0 bridgehead atoms. The number of hydrogen-bond donors (Lipinski definition) is 1. The van der Waals surface area contributed by atoms with Crippen LogP contribution in [0.2, 0.25) is 0 Å². The highest BCUT2D eigenvalue weighted by Crippen LogP contribution is 2.20. The Kier molecular flexibility index (Phi) is 3.74. The van der Waals surface area contributed by atoms with Crippen molar-refractivity contribution in [2.75, 3.05) is 5.32 Å². The van der Waals surface area contributed by atoms with Crippen molar-refractivity contribution in [3.8, 4) is 11.1 Å². The van der Waals surface area contributed by atoms with Crippen molar-refractivity contribution < 1.29 is 4.79 Å². The predicted octanol–water partition coefficient (Wildman–Crippen LogP) is 4.00. The standard InChI is InChI=1S/C18H14N2O/c21-18(15-5-2-1-3-6-15)20-17-10-8-14(9-11-17)16-7-4-12-19-13-16/h1-13H,(H,20,21). The zero-order chi connectivity index (χ0) is 14.5. The Morgan fingerprint density at radius 1 is 0.810 bits per heavy atom. The van der Waals surface area contributed by atoms with E-state index in [2.05, 4.69) is 10.3 Å². The van der Waals surface area contributed by atoms with E-state index in [1.54, 1.807) is 18.3 Å². The van der Waals surface area contributed by atoms with Crippen LogP contribution in [0.5, 0.6) is 0 Å². The van der Waals surface area contributed by atoms with Gasteiger partial charge in [-0.05, 0) is 41.5 Å². The molecule has 1 amide bonds. The average Bonchev–Trinajstić information content (AvgIpc) is 2.57. The van der Waals surface area contributed by atoms with Crippen LogP contribution in [-0.2, 0) is 0 Å². The number of aromatic nitrogens is 1. The summed E-state index contributed by atoms with van der Waals surface area (Å²) in [6.07, 6.45) is 3.56. The van der Waals surface area contributed by atoms with Gasteiger partial charge >= 0.3 is 0 Å².